The number of aliphatic hydroxyl groups excluding tert-OH is 4. The lowest BCUT2D eigenvalue weighted by Crippen LogP contribution is -2.22. The minimum Gasteiger partial charge on any atom is -0.455 e. The van der Waals surface area contributed by atoms with Gasteiger partial charge < -0.3 is 29.9 Å². The van der Waals surface area contributed by atoms with Crippen LogP contribution in [0.4, 0.5) is 0 Å². The highest BCUT2D eigenvalue weighted by Gasteiger charge is 2.28. The van der Waals surface area contributed by atoms with E-state index < -0.39 is 25.4 Å². The standard InChI is InChI=1S/C7H12O6/c8-1-4(10)6-7(5(11)2-9)13-3-12-6/h4-5,8-11H,1-3H2. The van der Waals surface area contributed by atoms with Crippen LogP contribution in [0.2, 0.25) is 0 Å². The van der Waals surface area contributed by atoms with Crippen LogP contribution in [0.5, 0.6) is 0 Å². The Balaban J connectivity index is 2.76. The van der Waals surface area contributed by atoms with Crippen molar-refractivity contribution in [3.05, 3.63) is 11.5 Å². The predicted octanol–water partition coefficient (Wildman–Crippen LogP) is -2.09. The van der Waals surface area contributed by atoms with Crippen molar-refractivity contribution in [1.82, 2.24) is 0 Å². The van der Waals surface area contributed by atoms with E-state index >= 15 is 0 Å². The molecule has 4 N–H and O–H groups in total. The first-order chi connectivity index (χ1) is 6.20. The van der Waals surface area contributed by atoms with E-state index in [-0.39, 0.29) is 18.3 Å². The molecule has 0 fully saturated rings. The highest BCUT2D eigenvalue weighted by molar-refractivity contribution is 5.13. The average Bonchev–Trinajstić information content (AvgIpc) is 2.63. The molecule has 0 aliphatic carbocycles. The normalized spacial score (nSPS) is 20.9. The maximum Gasteiger partial charge on any atom is 0.230 e. The van der Waals surface area contributed by atoms with Gasteiger partial charge in [-0.25, -0.2) is 0 Å². The van der Waals surface area contributed by atoms with Crippen LogP contribution in [0.15, 0.2) is 11.5 Å². The van der Waals surface area contributed by atoms with E-state index in [0.29, 0.717) is 0 Å². The lowest BCUT2D eigenvalue weighted by Gasteiger charge is -2.10. The first-order valence-electron chi connectivity index (χ1n) is 3.78. The Kier molecular flexibility index (Phi) is 3.49. The summed E-state index contributed by atoms with van der Waals surface area (Å²) in [4.78, 5) is 0. The van der Waals surface area contributed by atoms with Gasteiger partial charge in [0.05, 0.1) is 13.2 Å². The molecule has 1 heterocycles. The number of hydrogen-bond donors (Lipinski definition) is 4. The summed E-state index contributed by atoms with van der Waals surface area (Å²) in [5, 5.41) is 35.5. The third kappa shape index (κ3) is 2.10. The zero-order chi connectivity index (χ0) is 9.84. The summed E-state index contributed by atoms with van der Waals surface area (Å²) < 4.78 is 9.64. The van der Waals surface area contributed by atoms with Crippen LogP contribution in [0, 0.1) is 0 Å². The molecule has 0 saturated heterocycles. The van der Waals surface area contributed by atoms with E-state index in [9.17, 15) is 0 Å². The molecule has 2 atom stereocenters. The second-order valence-electron chi connectivity index (χ2n) is 2.53. The number of rotatable bonds is 4. The summed E-state index contributed by atoms with van der Waals surface area (Å²) in [7, 11) is 0. The molecule has 0 aromatic rings. The van der Waals surface area contributed by atoms with E-state index in [1.54, 1.807) is 0 Å². The highest BCUT2D eigenvalue weighted by atomic mass is 16.7. The molecule has 0 bridgehead atoms. The Hall–Kier alpha value is -0.820. The van der Waals surface area contributed by atoms with Crippen molar-refractivity contribution < 1.29 is 29.9 Å². The molecule has 76 valence electrons. The van der Waals surface area contributed by atoms with Crippen LogP contribution in [0.3, 0.4) is 0 Å². The molecule has 1 rings (SSSR count). The summed E-state index contributed by atoms with van der Waals surface area (Å²) in [6.45, 7) is -1.18. The quantitative estimate of drug-likeness (QED) is 0.407. The van der Waals surface area contributed by atoms with E-state index in [1.165, 1.54) is 0 Å². The van der Waals surface area contributed by atoms with Gasteiger partial charge in [0, 0.05) is 0 Å². The minimum atomic E-state index is -1.22. The van der Waals surface area contributed by atoms with Crippen LogP contribution in [0.25, 0.3) is 0 Å². The summed E-state index contributed by atoms with van der Waals surface area (Å²) in [5.74, 6) is -0.0481. The first kappa shape index (κ1) is 10.3. The van der Waals surface area contributed by atoms with Crippen molar-refractivity contribution in [3.63, 3.8) is 0 Å². The van der Waals surface area contributed by atoms with E-state index in [2.05, 4.69) is 0 Å². The van der Waals surface area contributed by atoms with Gasteiger partial charge in [-0.3, -0.25) is 0 Å². The number of hydrogen-bond acceptors (Lipinski definition) is 6. The van der Waals surface area contributed by atoms with Gasteiger partial charge in [-0.1, -0.05) is 0 Å². The molecule has 0 saturated carbocycles. The Bertz CT molecular complexity index is 181. The Labute approximate surface area is 74.6 Å². The zero-order valence-corrected chi connectivity index (χ0v) is 6.88. The van der Waals surface area contributed by atoms with Crippen molar-refractivity contribution in [2.75, 3.05) is 20.0 Å². The maximum atomic E-state index is 9.17. The van der Waals surface area contributed by atoms with Crippen LogP contribution in [0.1, 0.15) is 0 Å². The molecule has 1 aliphatic heterocycles. The lowest BCUT2D eigenvalue weighted by atomic mass is 10.2. The predicted molar refractivity (Wildman–Crippen MR) is 40.2 cm³/mol. The first-order valence-corrected chi connectivity index (χ1v) is 3.78. The Morgan fingerprint density at radius 2 is 1.38 bits per heavy atom. The van der Waals surface area contributed by atoms with Gasteiger partial charge in [-0.15, -0.1) is 0 Å². The van der Waals surface area contributed by atoms with Crippen molar-refractivity contribution in [2.45, 2.75) is 12.2 Å². The van der Waals surface area contributed by atoms with Gasteiger partial charge in [0.1, 0.15) is 12.2 Å². The lowest BCUT2D eigenvalue weighted by molar-refractivity contribution is 0.0174. The molecule has 0 aromatic carbocycles. The molecular formula is C7H12O6. The minimum absolute atomic E-state index is 0.0240. The molecule has 1 aliphatic rings. The Morgan fingerprint density at radius 1 is 1.00 bits per heavy atom. The maximum absolute atomic E-state index is 9.17. The fourth-order valence-electron chi connectivity index (χ4n) is 0.985. The van der Waals surface area contributed by atoms with Crippen molar-refractivity contribution >= 4 is 0 Å². The molecule has 6 nitrogen and oxygen atoms in total. The third-order valence-electron chi connectivity index (χ3n) is 1.62. The summed E-state index contributed by atoms with van der Waals surface area (Å²) in [6, 6.07) is 0. The number of ether oxygens (including phenoxy) is 2. The molecule has 2 unspecified atom stereocenters. The van der Waals surface area contributed by atoms with Crippen LogP contribution in [-0.2, 0) is 9.47 Å². The molecular weight excluding hydrogens is 180 g/mol. The number of aliphatic hydroxyl groups is 4. The molecule has 0 spiro atoms. The smallest absolute Gasteiger partial charge is 0.230 e. The fraction of sp³-hybridized carbons (Fsp3) is 0.714. The van der Waals surface area contributed by atoms with Gasteiger partial charge >= 0.3 is 0 Å². The molecule has 0 amide bonds. The van der Waals surface area contributed by atoms with Gasteiger partial charge in [-0.05, 0) is 0 Å². The molecule has 0 aromatic heterocycles. The molecule has 0 radical (unpaired) electrons. The summed E-state index contributed by atoms with van der Waals surface area (Å²) >= 11 is 0. The van der Waals surface area contributed by atoms with Gasteiger partial charge in [0.15, 0.2) is 11.5 Å². The van der Waals surface area contributed by atoms with Crippen molar-refractivity contribution in [2.24, 2.45) is 0 Å². The second kappa shape index (κ2) is 4.43. The van der Waals surface area contributed by atoms with Crippen LogP contribution < -0.4 is 0 Å². The van der Waals surface area contributed by atoms with Gasteiger partial charge in [0.2, 0.25) is 6.79 Å². The van der Waals surface area contributed by atoms with Crippen LogP contribution >= 0.6 is 0 Å². The zero-order valence-electron chi connectivity index (χ0n) is 6.88. The van der Waals surface area contributed by atoms with E-state index in [4.69, 9.17) is 29.9 Å². The van der Waals surface area contributed by atoms with Crippen molar-refractivity contribution in [1.29, 1.82) is 0 Å². The van der Waals surface area contributed by atoms with Gasteiger partial charge in [0.25, 0.3) is 0 Å². The van der Waals surface area contributed by atoms with Crippen LogP contribution in [-0.4, -0.2) is 52.6 Å². The van der Waals surface area contributed by atoms with Crippen molar-refractivity contribution in [3.8, 4) is 0 Å². The fourth-order valence-corrected chi connectivity index (χ4v) is 0.985. The Morgan fingerprint density at radius 3 is 1.69 bits per heavy atom. The topological polar surface area (TPSA) is 99.4 Å². The largest absolute Gasteiger partial charge is 0.455 e. The van der Waals surface area contributed by atoms with E-state index in [1.807, 2.05) is 0 Å². The van der Waals surface area contributed by atoms with E-state index in [0.717, 1.165) is 0 Å². The SMILES string of the molecule is OCC(O)C1=C(C(O)CO)OCO1. The summed E-state index contributed by atoms with van der Waals surface area (Å²) in [5.41, 5.74) is 0. The van der Waals surface area contributed by atoms with Gasteiger partial charge in [-0.2, -0.15) is 0 Å². The third-order valence-corrected chi connectivity index (χ3v) is 1.62. The highest BCUT2D eigenvalue weighted by Crippen LogP contribution is 2.22. The second-order valence-corrected chi connectivity index (χ2v) is 2.53. The summed E-state index contributed by atoms with van der Waals surface area (Å²) in [6.07, 6.45) is -2.45. The average molecular weight is 192 g/mol. The molecule has 13 heavy (non-hydrogen) atoms. The molecule has 6 heteroatoms. The monoisotopic (exact) mass is 192 g/mol.